The van der Waals surface area contributed by atoms with Crippen LogP contribution in [0.2, 0.25) is 0 Å². The molecule has 30 heavy (non-hydrogen) atoms. The molecule has 2 heterocycles. The summed E-state index contributed by atoms with van der Waals surface area (Å²) in [4.78, 5) is 29.5. The summed E-state index contributed by atoms with van der Waals surface area (Å²) in [5.41, 5.74) is 3.78. The first kappa shape index (κ1) is 21.5. The molecule has 0 spiro atoms. The van der Waals surface area contributed by atoms with E-state index in [-0.39, 0.29) is 11.7 Å². The predicted molar refractivity (Wildman–Crippen MR) is 118 cm³/mol. The summed E-state index contributed by atoms with van der Waals surface area (Å²) in [5.74, 6) is 0.795. The molecule has 3 rings (SSSR count). The van der Waals surface area contributed by atoms with E-state index in [1.807, 2.05) is 30.3 Å². The van der Waals surface area contributed by atoms with Gasteiger partial charge in [-0.2, -0.15) is 0 Å². The van der Waals surface area contributed by atoms with Crippen molar-refractivity contribution < 1.29 is 14.0 Å². The maximum atomic E-state index is 12.6. The number of benzene rings is 1. The van der Waals surface area contributed by atoms with Gasteiger partial charge in [0.1, 0.15) is 17.1 Å². The van der Waals surface area contributed by atoms with Gasteiger partial charge < -0.3 is 14.6 Å². The number of fused-ring (bicyclic) bond motifs is 1. The Hall–Kier alpha value is -3.25. The zero-order valence-electron chi connectivity index (χ0n) is 17.6. The average Bonchev–Trinajstić information content (AvgIpc) is 3.08. The standard InChI is InChI=1S/C24H27N3O3/c1-4-20-21-7-5-6-8-22(21)30-23(20)16-27(3)24(29)10-9-18-11-19(15-26-13-18)14-25-12-17(2)28/h5-11,13,15,25H,4,12,14,16H2,1-3H3/b10-9+. The molecule has 156 valence electrons. The Kier molecular flexibility index (Phi) is 7.14. The largest absolute Gasteiger partial charge is 0.459 e. The number of ketones is 1. The lowest BCUT2D eigenvalue weighted by Gasteiger charge is -2.14. The average molecular weight is 405 g/mol. The third-order valence-corrected chi connectivity index (χ3v) is 4.83. The van der Waals surface area contributed by atoms with E-state index >= 15 is 0 Å². The van der Waals surface area contributed by atoms with Gasteiger partial charge in [-0.15, -0.1) is 0 Å². The van der Waals surface area contributed by atoms with E-state index in [1.54, 1.807) is 37.3 Å². The summed E-state index contributed by atoms with van der Waals surface area (Å²) in [6.45, 7) is 4.92. The SMILES string of the molecule is CCc1c(CN(C)C(=O)/C=C/c2cncc(CNCC(C)=O)c2)oc2ccccc12. The van der Waals surface area contributed by atoms with Gasteiger partial charge in [-0.25, -0.2) is 0 Å². The molecule has 0 saturated heterocycles. The number of hydrogen-bond donors (Lipinski definition) is 1. The van der Waals surface area contributed by atoms with E-state index < -0.39 is 0 Å². The van der Waals surface area contributed by atoms with E-state index in [1.165, 1.54) is 6.08 Å². The first-order chi connectivity index (χ1) is 14.5. The number of likely N-dealkylation sites (N-methyl/N-ethyl adjacent to an activating group) is 1. The van der Waals surface area contributed by atoms with Gasteiger partial charge in [0.25, 0.3) is 0 Å². The summed E-state index contributed by atoms with van der Waals surface area (Å²) in [7, 11) is 1.76. The summed E-state index contributed by atoms with van der Waals surface area (Å²) in [5, 5.41) is 4.17. The molecule has 0 bridgehead atoms. The van der Waals surface area contributed by atoms with Crippen molar-refractivity contribution in [2.45, 2.75) is 33.4 Å². The topological polar surface area (TPSA) is 75.4 Å². The first-order valence-electron chi connectivity index (χ1n) is 10.0. The van der Waals surface area contributed by atoms with Crippen LogP contribution in [-0.2, 0) is 29.1 Å². The van der Waals surface area contributed by atoms with Crippen molar-refractivity contribution in [3.8, 4) is 0 Å². The fraction of sp³-hybridized carbons (Fsp3) is 0.292. The second kappa shape index (κ2) is 9.98. The van der Waals surface area contributed by atoms with Crippen LogP contribution >= 0.6 is 0 Å². The number of amides is 1. The third-order valence-electron chi connectivity index (χ3n) is 4.83. The van der Waals surface area contributed by atoms with Gasteiger partial charge in [-0.1, -0.05) is 25.1 Å². The molecule has 6 nitrogen and oxygen atoms in total. The molecule has 3 aromatic rings. The highest BCUT2D eigenvalue weighted by Gasteiger charge is 2.15. The zero-order valence-corrected chi connectivity index (χ0v) is 17.6. The molecule has 1 N–H and O–H groups in total. The number of furan rings is 1. The molecule has 6 heteroatoms. The Morgan fingerprint density at radius 3 is 2.80 bits per heavy atom. The zero-order chi connectivity index (χ0) is 21.5. The number of rotatable bonds is 9. The van der Waals surface area contributed by atoms with Gasteiger partial charge in [0, 0.05) is 43.0 Å². The van der Waals surface area contributed by atoms with Crippen molar-refractivity contribution in [1.82, 2.24) is 15.2 Å². The van der Waals surface area contributed by atoms with Crippen LogP contribution < -0.4 is 5.32 Å². The van der Waals surface area contributed by atoms with Crippen LogP contribution in [0.3, 0.4) is 0 Å². The highest BCUT2D eigenvalue weighted by molar-refractivity contribution is 5.91. The minimum Gasteiger partial charge on any atom is -0.459 e. The molecule has 2 aromatic heterocycles. The van der Waals surface area contributed by atoms with Gasteiger partial charge in [0.15, 0.2) is 0 Å². The normalized spacial score (nSPS) is 11.3. The molecular formula is C24H27N3O3. The lowest BCUT2D eigenvalue weighted by atomic mass is 10.1. The van der Waals surface area contributed by atoms with Crippen molar-refractivity contribution >= 4 is 28.7 Å². The van der Waals surface area contributed by atoms with Crippen LogP contribution in [-0.4, -0.2) is 35.2 Å². The van der Waals surface area contributed by atoms with E-state index in [4.69, 9.17) is 4.42 Å². The lowest BCUT2D eigenvalue weighted by Crippen LogP contribution is -2.24. The quantitative estimate of drug-likeness (QED) is 0.549. The molecule has 0 aliphatic rings. The minimum absolute atomic E-state index is 0.0864. The number of carbonyl (C=O) groups excluding carboxylic acids is 2. The fourth-order valence-corrected chi connectivity index (χ4v) is 3.33. The van der Waals surface area contributed by atoms with Gasteiger partial charge >= 0.3 is 0 Å². The first-order valence-corrected chi connectivity index (χ1v) is 10.0. The van der Waals surface area contributed by atoms with E-state index in [0.29, 0.717) is 19.6 Å². The molecule has 0 unspecified atom stereocenters. The number of nitrogens with one attached hydrogen (secondary N) is 1. The van der Waals surface area contributed by atoms with Crippen LogP contribution in [0.25, 0.3) is 17.0 Å². The van der Waals surface area contributed by atoms with Crippen LogP contribution in [0.15, 0.2) is 53.2 Å². The van der Waals surface area contributed by atoms with Gasteiger partial charge in [-0.05, 0) is 42.7 Å². The Balaban J connectivity index is 1.64. The van der Waals surface area contributed by atoms with Gasteiger partial charge in [-0.3, -0.25) is 14.6 Å². The number of nitrogens with zero attached hydrogens (tertiary/aromatic N) is 2. The van der Waals surface area contributed by atoms with Crippen molar-refractivity contribution in [3.63, 3.8) is 0 Å². The smallest absolute Gasteiger partial charge is 0.246 e. The predicted octanol–water partition coefficient (Wildman–Crippen LogP) is 3.74. The summed E-state index contributed by atoms with van der Waals surface area (Å²) >= 11 is 0. The Morgan fingerprint density at radius 1 is 1.23 bits per heavy atom. The van der Waals surface area contributed by atoms with Crippen LogP contribution in [0.1, 0.15) is 36.3 Å². The number of para-hydroxylation sites is 1. The van der Waals surface area contributed by atoms with Crippen LogP contribution in [0, 0.1) is 0 Å². The van der Waals surface area contributed by atoms with Gasteiger partial charge in [0.2, 0.25) is 5.91 Å². The highest BCUT2D eigenvalue weighted by atomic mass is 16.3. The number of aromatic nitrogens is 1. The van der Waals surface area contributed by atoms with Crippen molar-refractivity contribution in [2.75, 3.05) is 13.6 Å². The second-order valence-corrected chi connectivity index (χ2v) is 7.31. The molecule has 0 saturated carbocycles. The maximum absolute atomic E-state index is 12.6. The number of carbonyl (C=O) groups is 2. The third kappa shape index (κ3) is 5.42. The monoisotopic (exact) mass is 405 g/mol. The number of Topliss-reactive ketones (excluding diaryl/α,β-unsaturated/α-hetero) is 1. The van der Waals surface area contributed by atoms with Crippen LogP contribution in [0.4, 0.5) is 0 Å². The Morgan fingerprint density at radius 2 is 2.03 bits per heavy atom. The van der Waals surface area contributed by atoms with Crippen molar-refractivity contribution in [1.29, 1.82) is 0 Å². The number of pyridine rings is 1. The summed E-state index contributed by atoms with van der Waals surface area (Å²) in [6, 6.07) is 9.89. The maximum Gasteiger partial charge on any atom is 0.246 e. The Bertz CT molecular complexity index is 1070. The minimum atomic E-state index is -0.113. The van der Waals surface area contributed by atoms with Crippen molar-refractivity contribution in [2.24, 2.45) is 0 Å². The Labute approximate surface area is 176 Å². The fourth-order valence-electron chi connectivity index (χ4n) is 3.33. The highest BCUT2D eigenvalue weighted by Crippen LogP contribution is 2.27. The second-order valence-electron chi connectivity index (χ2n) is 7.31. The molecule has 0 aliphatic heterocycles. The van der Waals surface area contributed by atoms with Crippen molar-refractivity contribution in [3.05, 3.63) is 71.3 Å². The number of hydrogen-bond acceptors (Lipinski definition) is 5. The van der Waals surface area contributed by atoms with Gasteiger partial charge in [0.05, 0.1) is 13.1 Å². The van der Waals surface area contributed by atoms with E-state index in [0.717, 1.165) is 39.8 Å². The summed E-state index contributed by atoms with van der Waals surface area (Å²) in [6.07, 6.45) is 7.58. The number of aryl methyl sites for hydroxylation is 1. The van der Waals surface area contributed by atoms with Crippen LogP contribution in [0.5, 0.6) is 0 Å². The molecule has 0 fully saturated rings. The van der Waals surface area contributed by atoms with E-state index in [9.17, 15) is 9.59 Å². The molecule has 1 aromatic carbocycles. The summed E-state index contributed by atoms with van der Waals surface area (Å²) < 4.78 is 5.98. The molecule has 0 radical (unpaired) electrons. The lowest BCUT2D eigenvalue weighted by molar-refractivity contribution is -0.125. The molecular weight excluding hydrogens is 378 g/mol. The molecule has 0 aliphatic carbocycles. The van der Waals surface area contributed by atoms with E-state index in [2.05, 4.69) is 17.2 Å². The molecule has 0 atom stereocenters. The molecule has 1 amide bonds.